The molecule has 3 N–H and O–H groups in total. The highest BCUT2D eigenvalue weighted by atomic mass is 16.4. The highest BCUT2D eigenvalue weighted by Crippen LogP contribution is 2.05. The van der Waals surface area contributed by atoms with Gasteiger partial charge in [-0.2, -0.15) is 0 Å². The highest BCUT2D eigenvalue weighted by Gasteiger charge is 2.24. The van der Waals surface area contributed by atoms with Crippen LogP contribution < -0.4 is 5.73 Å². The van der Waals surface area contributed by atoms with Gasteiger partial charge >= 0.3 is 5.97 Å². The van der Waals surface area contributed by atoms with Crippen molar-refractivity contribution < 1.29 is 14.7 Å². The fourth-order valence-electron chi connectivity index (χ4n) is 0.998. The third-order valence-electron chi connectivity index (χ3n) is 2.10. The Kier molecular flexibility index (Phi) is 5.42. The summed E-state index contributed by atoms with van der Waals surface area (Å²) in [5, 5.41) is 8.59. The Labute approximate surface area is 89.2 Å². The summed E-state index contributed by atoms with van der Waals surface area (Å²) in [6.45, 7) is 2.94. The van der Waals surface area contributed by atoms with Crippen molar-refractivity contribution >= 4 is 11.9 Å². The van der Waals surface area contributed by atoms with Crippen molar-refractivity contribution in [3.05, 3.63) is 0 Å². The second-order valence-electron chi connectivity index (χ2n) is 3.44. The first-order valence-electron chi connectivity index (χ1n) is 4.59. The van der Waals surface area contributed by atoms with Gasteiger partial charge in [0.25, 0.3) is 0 Å². The van der Waals surface area contributed by atoms with Gasteiger partial charge in [-0.1, -0.05) is 12.8 Å². The highest BCUT2D eigenvalue weighted by molar-refractivity contribution is 5.83. The molecule has 84 valence electrons. The number of carbonyl (C=O) groups excluding carboxylic acids is 1. The van der Waals surface area contributed by atoms with E-state index in [2.05, 4.69) is 5.92 Å². The minimum Gasteiger partial charge on any atom is -0.480 e. The molecule has 0 aromatic rings. The van der Waals surface area contributed by atoms with E-state index in [0.29, 0.717) is 0 Å². The topological polar surface area (TPSA) is 83.6 Å². The number of rotatable bonds is 5. The van der Waals surface area contributed by atoms with Crippen molar-refractivity contribution in [3.8, 4) is 12.3 Å². The van der Waals surface area contributed by atoms with Gasteiger partial charge in [-0.3, -0.25) is 9.59 Å². The van der Waals surface area contributed by atoms with Crippen LogP contribution in [-0.4, -0.2) is 41.0 Å². The quantitative estimate of drug-likeness (QED) is 0.603. The molecular formula is C10H16N2O3. The molecule has 2 atom stereocenters. The standard InChI is InChI=1S/C10H16N2O3/c1-4-5-12(6-9(13)14)10(15)7(2)8(3)11/h1,7-8H,5-6,11H2,2-3H3,(H,13,14). The summed E-state index contributed by atoms with van der Waals surface area (Å²) in [6.07, 6.45) is 5.05. The van der Waals surface area contributed by atoms with E-state index in [1.165, 1.54) is 0 Å². The minimum absolute atomic E-state index is 0.0117. The molecule has 15 heavy (non-hydrogen) atoms. The van der Waals surface area contributed by atoms with Crippen LogP contribution in [0.5, 0.6) is 0 Å². The largest absolute Gasteiger partial charge is 0.480 e. The number of carboxylic acids is 1. The van der Waals surface area contributed by atoms with Crippen molar-refractivity contribution in [1.82, 2.24) is 4.90 Å². The first-order valence-corrected chi connectivity index (χ1v) is 4.59. The van der Waals surface area contributed by atoms with Crippen LogP contribution in [0.25, 0.3) is 0 Å². The predicted octanol–water partition coefficient (Wildman–Crippen LogP) is -0.484. The molecule has 0 heterocycles. The number of nitrogens with two attached hydrogens (primary N) is 1. The predicted molar refractivity (Wildman–Crippen MR) is 55.9 cm³/mol. The average Bonchev–Trinajstić information content (AvgIpc) is 2.14. The Bertz CT molecular complexity index is 281. The third kappa shape index (κ3) is 4.47. The van der Waals surface area contributed by atoms with Crippen molar-refractivity contribution in [1.29, 1.82) is 0 Å². The molecule has 0 spiro atoms. The minimum atomic E-state index is -1.09. The van der Waals surface area contributed by atoms with Gasteiger partial charge in [0, 0.05) is 6.04 Å². The molecule has 0 aliphatic carbocycles. The number of carboxylic acid groups (broad SMARTS) is 1. The summed E-state index contributed by atoms with van der Waals surface area (Å²) >= 11 is 0. The van der Waals surface area contributed by atoms with Gasteiger partial charge in [-0.05, 0) is 6.92 Å². The van der Waals surface area contributed by atoms with Crippen LogP contribution >= 0.6 is 0 Å². The lowest BCUT2D eigenvalue weighted by molar-refractivity contribution is -0.145. The van der Waals surface area contributed by atoms with Crippen molar-refractivity contribution in [2.24, 2.45) is 11.7 Å². The molecule has 0 bridgehead atoms. The number of hydrogen-bond acceptors (Lipinski definition) is 3. The van der Waals surface area contributed by atoms with E-state index < -0.39 is 11.9 Å². The van der Waals surface area contributed by atoms with E-state index in [-0.39, 0.29) is 25.0 Å². The van der Waals surface area contributed by atoms with E-state index in [1.54, 1.807) is 13.8 Å². The van der Waals surface area contributed by atoms with Crippen LogP contribution in [0.4, 0.5) is 0 Å². The summed E-state index contributed by atoms with van der Waals surface area (Å²) in [6, 6.07) is -0.327. The van der Waals surface area contributed by atoms with Crippen LogP contribution in [0.15, 0.2) is 0 Å². The van der Waals surface area contributed by atoms with Gasteiger partial charge < -0.3 is 15.7 Å². The molecule has 0 saturated heterocycles. The number of nitrogens with zero attached hydrogens (tertiary/aromatic N) is 1. The third-order valence-corrected chi connectivity index (χ3v) is 2.10. The van der Waals surface area contributed by atoms with Crippen molar-refractivity contribution in [2.75, 3.05) is 13.1 Å². The van der Waals surface area contributed by atoms with Crippen LogP contribution in [0.3, 0.4) is 0 Å². The lowest BCUT2D eigenvalue weighted by atomic mass is 10.0. The molecular weight excluding hydrogens is 196 g/mol. The Morgan fingerprint density at radius 2 is 2.07 bits per heavy atom. The molecule has 0 aromatic heterocycles. The van der Waals surface area contributed by atoms with Gasteiger partial charge in [0.2, 0.25) is 5.91 Å². The van der Waals surface area contributed by atoms with Crippen molar-refractivity contribution in [2.45, 2.75) is 19.9 Å². The van der Waals surface area contributed by atoms with E-state index in [0.717, 1.165) is 4.90 Å². The second-order valence-corrected chi connectivity index (χ2v) is 3.44. The molecule has 0 saturated carbocycles. The Balaban J connectivity index is 4.55. The van der Waals surface area contributed by atoms with E-state index in [9.17, 15) is 9.59 Å². The van der Waals surface area contributed by atoms with Crippen LogP contribution in [0.1, 0.15) is 13.8 Å². The number of aliphatic carboxylic acids is 1. The molecule has 2 unspecified atom stereocenters. The van der Waals surface area contributed by atoms with Gasteiger partial charge in [0.05, 0.1) is 12.5 Å². The zero-order chi connectivity index (χ0) is 12.0. The normalized spacial score (nSPS) is 13.7. The number of terminal acetylenes is 1. The first-order chi connectivity index (χ1) is 6.90. The van der Waals surface area contributed by atoms with E-state index in [4.69, 9.17) is 17.3 Å². The molecule has 0 aliphatic rings. The number of carbonyl (C=O) groups is 2. The van der Waals surface area contributed by atoms with Gasteiger partial charge in [0.1, 0.15) is 6.54 Å². The first kappa shape index (κ1) is 13.5. The van der Waals surface area contributed by atoms with Crippen molar-refractivity contribution in [3.63, 3.8) is 0 Å². The molecule has 0 aliphatic heterocycles. The fourth-order valence-corrected chi connectivity index (χ4v) is 0.998. The van der Waals surface area contributed by atoms with Crippen LogP contribution in [0, 0.1) is 18.3 Å². The molecule has 0 rings (SSSR count). The average molecular weight is 212 g/mol. The summed E-state index contributed by atoms with van der Waals surface area (Å²) in [5.41, 5.74) is 5.56. The number of hydrogen-bond donors (Lipinski definition) is 2. The SMILES string of the molecule is C#CCN(CC(=O)O)C(=O)C(C)C(C)N. The lowest BCUT2D eigenvalue weighted by Gasteiger charge is -2.23. The summed E-state index contributed by atoms with van der Waals surface area (Å²) in [7, 11) is 0. The smallest absolute Gasteiger partial charge is 0.323 e. The molecule has 0 aromatic carbocycles. The Morgan fingerprint density at radius 3 is 2.40 bits per heavy atom. The van der Waals surface area contributed by atoms with E-state index >= 15 is 0 Å². The molecule has 0 fully saturated rings. The second kappa shape index (κ2) is 6.04. The molecule has 5 nitrogen and oxygen atoms in total. The molecule has 1 amide bonds. The zero-order valence-electron chi connectivity index (χ0n) is 8.93. The van der Waals surface area contributed by atoms with Gasteiger partial charge in [-0.15, -0.1) is 6.42 Å². The fraction of sp³-hybridized carbons (Fsp3) is 0.600. The Morgan fingerprint density at radius 1 is 1.53 bits per heavy atom. The summed E-state index contributed by atoms with van der Waals surface area (Å²) in [4.78, 5) is 23.3. The Hall–Kier alpha value is -1.54. The van der Waals surface area contributed by atoms with Crippen LogP contribution in [0.2, 0.25) is 0 Å². The summed E-state index contributed by atoms with van der Waals surface area (Å²) < 4.78 is 0. The maximum atomic E-state index is 11.7. The molecule has 0 radical (unpaired) electrons. The van der Waals surface area contributed by atoms with E-state index in [1.807, 2.05) is 0 Å². The zero-order valence-corrected chi connectivity index (χ0v) is 8.93. The van der Waals surface area contributed by atoms with Gasteiger partial charge in [-0.25, -0.2) is 0 Å². The monoisotopic (exact) mass is 212 g/mol. The molecule has 5 heteroatoms. The summed E-state index contributed by atoms with van der Waals surface area (Å²) in [5.74, 6) is 0.400. The van der Waals surface area contributed by atoms with Crippen LogP contribution in [-0.2, 0) is 9.59 Å². The van der Waals surface area contributed by atoms with Gasteiger partial charge in [0.15, 0.2) is 0 Å². The maximum Gasteiger partial charge on any atom is 0.323 e. The maximum absolute atomic E-state index is 11.7. The lowest BCUT2D eigenvalue weighted by Crippen LogP contribution is -2.44. The number of amides is 1.